The Bertz CT molecular complexity index is 1210. The van der Waals surface area contributed by atoms with Gasteiger partial charge in [-0.05, 0) is 49.7 Å². The Kier molecular flexibility index (Phi) is 5.91. The summed E-state index contributed by atoms with van der Waals surface area (Å²) < 4.78 is 10.3. The van der Waals surface area contributed by atoms with Crippen LogP contribution in [0, 0.1) is 0 Å². The van der Waals surface area contributed by atoms with Crippen LogP contribution in [0.25, 0.3) is 0 Å². The summed E-state index contributed by atoms with van der Waals surface area (Å²) in [7, 11) is 0. The lowest BCUT2D eigenvalue weighted by Crippen LogP contribution is -2.28. The number of thiophene rings is 1. The van der Waals surface area contributed by atoms with Gasteiger partial charge < -0.3 is 14.5 Å². The van der Waals surface area contributed by atoms with Crippen LogP contribution in [0.3, 0.4) is 0 Å². The number of furan rings is 1. The molecule has 9 heteroatoms. The number of amides is 3. The lowest BCUT2D eigenvalue weighted by molar-refractivity contribution is 0.0526. The van der Waals surface area contributed by atoms with Crippen molar-refractivity contribution in [1.82, 2.24) is 4.90 Å². The van der Waals surface area contributed by atoms with Crippen LogP contribution in [0.15, 0.2) is 47.1 Å². The number of carbonyl (C=O) groups is 4. The summed E-state index contributed by atoms with van der Waals surface area (Å²) in [6, 6.07) is 9.39. The first kappa shape index (κ1) is 21.5. The lowest BCUT2D eigenvalue weighted by Gasteiger charge is -2.11. The van der Waals surface area contributed by atoms with Crippen molar-refractivity contribution in [3.63, 3.8) is 0 Å². The zero-order valence-electron chi connectivity index (χ0n) is 17.5. The standard InChI is InChI=1S/C23H20N2O6S/c1-3-15-11-18(23(29)30-4-2)20(32-15)24-19(26)13-7-8-16-17(10-13)22(28)25(21(16)27)12-14-6-5-9-31-14/h5-11H,3-4,12H2,1-2H3,(H,24,26). The van der Waals surface area contributed by atoms with E-state index in [0.717, 1.165) is 9.78 Å². The highest BCUT2D eigenvalue weighted by Gasteiger charge is 2.36. The average Bonchev–Trinajstić information content (AvgIpc) is 3.50. The topological polar surface area (TPSA) is 106 Å². The van der Waals surface area contributed by atoms with E-state index in [1.165, 1.54) is 35.8 Å². The number of hydrogen-bond donors (Lipinski definition) is 1. The minimum absolute atomic E-state index is 0.0127. The highest BCUT2D eigenvalue weighted by Crippen LogP contribution is 2.31. The van der Waals surface area contributed by atoms with Gasteiger partial charge in [-0.15, -0.1) is 11.3 Å². The van der Waals surface area contributed by atoms with Crippen LogP contribution in [0.4, 0.5) is 5.00 Å². The van der Waals surface area contributed by atoms with Crippen molar-refractivity contribution in [1.29, 1.82) is 0 Å². The molecule has 1 aromatic carbocycles. The highest BCUT2D eigenvalue weighted by atomic mass is 32.1. The van der Waals surface area contributed by atoms with Crippen LogP contribution in [-0.2, 0) is 17.7 Å². The molecule has 1 N–H and O–H groups in total. The average molecular weight is 452 g/mol. The molecule has 0 bridgehead atoms. The predicted molar refractivity (Wildman–Crippen MR) is 117 cm³/mol. The van der Waals surface area contributed by atoms with E-state index < -0.39 is 23.7 Å². The molecule has 0 spiro atoms. The van der Waals surface area contributed by atoms with Crippen molar-refractivity contribution in [2.24, 2.45) is 0 Å². The first-order valence-electron chi connectivity index (χ1n) is 10.1. The molecule has 8 nitrogen and oxygen atoms in total. The number of aryl methyl sites for hydroxylation is 1. The Labute approximate surface area is 187 Å². The summed E-state index contributed by atoms with van der Waals surface area (Å²) in [5.74, 6) is -1.46. The SMILES string of the molecule is CCOC(=O)c1cc(CC)sc1NC(=O)c1ccc2c(c1)C(=O)N(Cc1ccco1)C2=O. The predicted octanol–water partition coefficient (Wildman–Crippen LogP) is 4.13. The van der Waals surface area contributed by atoms with Gasteiger partial charge in [-0.1, -0.05) is 6.92 Å². The normalized spacial score (nSPS) is 12.8. The Hall–Kier alpha value is -3.72. The molecule has 3 amide bonds. The summed E-state index contributed by atoms with van der Waals surface area (Å²) in [4.78, 5) is 52.6. The van der Waals surface area contributed by atoms with Gasteiger partial charge in [-0.3, -0.25) is 19.3 Å². The summed E-state index contributed by atoms with van der Waals surface area (Å²) in [5, 5.41) is 3.12. The zero-order valence-corrected chi connectivity index (χ0v) is 18.3. The molecule has 1 aliphatic rings. The Morgan fingerprint density at radius 2 is 1.88 bits per heavy atom. The maximum Gasteiger partial charge on any atom is 0.341 e. The van der Waals surface area contributed by atoms with Gasteiger partial charge in [-0.25, -0.2) is 4.79 Å². The summed E-state index contributed by atoms with van der Waals surface area (Å²) in [6.07, 6.45) is 2.17. The Balaban J connectivity index is 1.57. The molecule has 0 fully saturated rings. The number of carbonyl (C=O) groups excluding carboxylic acids is 4. The van der Waals surface area contributed by atoms with Gasteiger partial charge in [0, 0.05) is 10.4 Å². The number of benzene rings is 1. The Morgan fingerprint density at radius 1 is 1.09 bits per heavy atom. The van der Waals surface area contributed by atoms with Gasteiger partial charge in [0.2, 0.25) is 0 Å². The van der Waals surface area contributed by atoms with E-state index in [2.05, 4.69) is 5.32 Å². The number of hydrogen-bond acceptors (Lipinski definition) is 7. The summed E-state index contributed by atoms with van der Waals surface area (Å²) in [5.41, 5.74) is 0.875. The maximum atomic E-state index is 12.9. The van der Waals surface area contributed by atoms with Crippen molar-refractivity contribution in [2.45, 2.75) is 26.8 Å². The number of fused-ring (bicyclic) bond motifs is 1. The molecular weight excluding hydrogens is 432 g/mol. The molecule has 164 valence electrons. The maximum absolute atomic E-state index is 12.9. The van der Waals surface area contributed by atoms with Crippen molar-refractivity contribution >= 4 is 40.0 Å². The fraction of sp³-hybridized carbons (Fsp3) is 0.217. The fourth-order valence-electron chi connectivity index (χ4n) is 3.38. The molecule has 2 aromatic heterocycles. The molecule has 0 aliphatic carbocycles. The third-order valence-electron chi connectivity index (χ3n) is 4.98. The summed E-state index contributed by atoms with van der Waals surface area (Å²) >= 11 is 1.29. The van der Waals surface area contributed by atoms with E-state index in [1.54, 1.807) is 25.1 Å². The van der Waals surface area contributed by atoms with Gasteiger partial charge in [0.1, 0.15) is 10.8 Å². The van der Waals surface area contributed by atoms with Crippen molar-refractivity contribution in [2.75, 3.05) is 11.9 Å². The second kappa shape index (κ2) is 8.80. The van der Waals surface area contributed by atoms with Gasteiger partial charge in [0.15, 0.2) is 0 Å². The Morgan fingerprint density at radius 3 is 2.56 bits per heavy atom. The first-order valence-corrected chi connectivity index (χ1v) is 10.9. The van der Waals surface area contributed by atoms with Crippen LogP contribution >= 0.6 is 11.3 Å². The molecule has 0 saturated carbocycles. The molecule has 0 unspecified atom stereocenters. The highest BCUT2D eigenvalue weighted by molar-refractivity contribution is 7.16. The molecular formula is C23H20N2O6S. The molecule has 3 heterocycles. The van der Waals surface area contributed by atoms with Crippen molar-refractivity contribution < 1.29 is 28.3 Å². The monoisotopic (exact) mass is 452 g/mol. The first-order chi connectivity index (χ1) is 15.4. The third-order valence-corrected chi connectivity index (χ3v) is 6.18. The number of esters is 1. The minimum atomic E-state index is -0.512. The molecule has 4 rings (SSSR count). The summed E-state index contributed by atoms with van der Waals surface area (Å²) in [6.45, 7) is 3.89. The van der Waals surface area contributed by atoms with E-state index in [1.807, 2.05) is 6.92 Å². The number of nitrogens with zero attached hydrogens (tertiary/aromatic N) is 1. The molecule has 1 aliphatic heterocycles. The number of imide groups is 1. The second-order valence-electron chi connectivity index (χ2n) is 7.02. The van der Waals surface area contributed by atoms with Crippen LogP contribution in [-0.4, -0.2) is 35.2 Å². The molecule has 0 radical (unpaired) electrons. The van der Waals surface area contributed by atoms with Crippen LogP contribution in [0.2, 0.25) is 0 Å². The molecule has 0 saturated heterocycles. The van der Waals surface area contributed by atoms with E-state index >= 15 is 0 Å². The second-order valence-corrected chi connectivity index (χ2v) is 8.16. The van der Waals surface area contributed by atoms with Crippen LogP contribution in [0.1, 0.15) is 65.9 Å². The molecule has 32 heavy (non-hydrogen) atoms. The van der Waals surface area contributed by atoms with Crippen molar-refractivity contribution in [3.05, 3.63) is 75.6 Å². The van der Waals surface area contributed by atoms with Crippen LogP contribution in [0.5, 0.6) is 0 Å². The number of rotatable bonds is 7. The number of ether oxygens (including phenoxy) is 1. The fourth-order valence-corrected chi connectivity index (χ4v) is 4.36. The lowest BCUT2D eigenvalue weighted by atomic mass is 10.1. The third kappa shape index (κ3) is 3.94. The van der Waals surface area contributed by atoms with E-state index in [9.17, 15) is 19.2 Å². The molecule has 3 aromatic rings. The van der Waals surface area contributed by atoms with Crippen molar-refractivity contribution in [3.8, 4) is 0 Å². The van der Waals surface area contributed by atoms with Gasteiger partial charge in [-0.2, -0.15) is 0 Å². The largest absolute Gasteiger partial charge is 0.467 e. The van der Waals surface area contributed by atoms with E-state index in [4.69, 9.17) is 9.15 Å². The number of nitrogens with one attached hydrogen (secondary N) is 1. The van der Waals surface area contributed by atoms with Gasteiger partial charge >= 0.3 is 5.97 Å². The smallest absolute Gasteiger partial charge is 0.341 e. The minimum Gasteiger partial charge on any atom is -0.467 e. The van der Waals surface area contributed by atoms with E-state index in [-0.39, 0.29) is 29.8 Å². The zero-order chi connectivity index (χ0) is 22.8. The van der Waals surface area contributed by atoms with Gasteiger partial charge in [0.25, 0.3) is 17.7 Å². The van der Waals surface area contributed by atoms with Crippen LogP contribution < -0.4 is 5.32 Å². The quantitative estimate of drug-likeness (QED) is 0.427. The van der Waals surface area contributed by atoms with E-state index in [0.29, 0.717) is 22.7 Å². The molecule has 0 atom stereocenters. The number of anilines is 1. The van der Waals surface area contributed by atoms with Gasteiger partial charge in [0.05, 0.1) is 36.1 Å².